The van der Waals surface area contributed by atoms with Gasteiger partial charge in [-0.05, 0) is 67.1 Å². The predicted octanol–water partition coefficient (Wildman–Crippen LogP) is 2.94. The Morgan fingerprint density at radius 2 is 2.05 bits per heavy atom. The maximum absolute atomic E-state index is 12.3. The minimum atomic E-state index is -3.35. The highest BCUT2D eigenvalue weighted by Crippen LogP contribution is 2.34. The molecule has 0 amide bonds. The first-order chi connectivity index (χ1) is 8.72. The van der Waals surface area contributed by atoms with Crippen LogP contribution in [0.5, 0.6) is 0 Å². The van der Waals surface area contributed by atoms with E-state index in [-0.39, 0.29) is 6.04 Å². The van der Waals surface area contributed by atoms with Crippen molar-refractivity contribution in [2.75, 3.05) is 0 Å². The maximum Gasteiger partial charge on any atom is 0.217 e. The van der Waals surface area contributed by atoms with Crippen LogP contribution >= 0.6 is 15.9 Å². The van der Waals surface area contributed by atoms with Gasteiger partial charge in [-0.25, -0.2) is 13.1 Å². The third-order valence-corrected chi connectivity index (χ3v) is 6.33. The maximum atomic E-state index is 12.3. The lowest BCUT2D eigenvalue weighted by Gasteiger charge is -2.29. The molecule has 4 nitrogen and oxygen atoms in total. The van der Waals surface area contributed by atoms with Crippen LogP contribution < -0.4 is 4.72 Å². The minimum Gasteiger partial charge on any atom is -0.263 e. The van der Waals surface area contributed by atoms with E-state index in [4.69, 9.17) is 0 Å². The van der Waals surface area contributed by atoms with Crippen molar-refractivity contribution >= 4 is 26.0 Å². The van der Waals surface area contributed by atoms with Crippen LogP contribution in [0.15, 0.2) is 16.9 Å². The molecule has 6 heteroatoms. The Hall–Kier alpha value is -0.460. The number of hydrogen-bond acceptors (Lipinski definition) is 3. The van der Waals surface area contributed by atoms with Gasteiger partial charge in [0, 0.05) is 22.9 Å². The Kier molecular flexibility index (Phi) is 4.05. The largest absolute Gasteiger partial charge is 0.263 e. The van der Waals surface area contributed by atoms with E-state index < -0.39 is 14.8 Å². The average molecular weight is 347 g/mol. The Bertz CT molecular complexity index is 579. The molecule has 0 aliphatic heterocycles. The minimum absolute atomic E-state index is 0.169. The van der Waals surface area contributed by atoms with Gasteiger partial charge in [0.1, 0.15) is 0 Å². The number of nitrogens with one attached hydrogen (secondary N) is 1. The summed E-state index contributed by atoms with van der Waals surface area (Å²) in [5.74, 6) is 0. The van der Waals surface area contributed by atoms with E-state index in [2.05, 4.69) is 25.6 Å². The van der Waals surface area contributed by atoms with E-state index in [0.29, 0.717) is 0 Å². The first-order valence-electron chi connectivity index (χ1n) is 6.36. The quantitative estimate of drug-likeness (QED) is 0.895. The van der Waals surface area contributed by atoms with E-state index in [1.165, 1.54) is 5.56 Å². The van der Waals surface area contributed by atoms with E-state index in [9.17, 15) is 8.42 Å². The second kappa shape index (κ2) is 5.14. The molecule has 1 aromatic heterocycles. The van der Waals surface area contributed by atoms with Crippen LogP contribution in [0.25, 0.3) is 0 Å². The second-order valence-electron chi connectivity index (χ2n) is 5.87. The van der Waals surface area contributed by atoms with Gasteiger partial charge in [-0.3, -0.25) is 4.98 Å². The molecule has 0 saturated heterocycles. The summed E-state index contributed by atoms with van der Waals surface area (Å²) in [7, 11) is -3.35. The van der Waals surface area contributed by atoms with Crippen LogP contribution in [-0.2, 0) is 16.4 Å². The molecule has 106 valence electrons. The summed E-state index contributed by atoms with van der Waals surface area (Å²) >= 11 is 3.49. The molecular weight excluding hydrogens is 328 g/mol. The zero-order chi connectivity index (χ0) is 14.3. The fourth-order valence-electron chi connectivity index (χ4n) is 2.17. The van der Waals surface area contributed by atoms with Crippen molar-refractivity contribution in [3.8, 4) is 0 Å². The molecule has 0 radical (unpaired) electrons. The lowest BCUT2D eigenvalue weighted by molar-refractivity contribution is 0.488. The predicted molar refractivity (Wildman–Crippen MR) is 79.4 cm³/mol. The number of fused-ring (bicyclic) bond motifs is 1. The van der Waals surface area contributed by atoms with E-state index in [1.807, 2.05) is 0 Å². The first-order valence-corrected chi connectivity index (χ1v) is 8.64. The van der Waals surface area contributed by atoms with Crippen LogP contribution in [-0.4, -0.2) is 18.1 Å². The molecule has 19 heavy (non-hydrogen) atoms. The second-order valence-corrected chi connectivity index (χ2v) is 9.19. The van der Waals surface area contributed by atoms with Crippen molar-refractivity contribution in [3.63, 3.8) is 0 Å². The van der Waals surface area contributed by atoms with E-state index >= 15 is 0 Å². The zero-order valence-electron chi connectivity index (χ0n) is 11.4. The van der Waals surface area contributed by atoms with Crippen molar-refractivity contribution in [1.29, 1.82) is 0 Å². The molecule has 1 heterocycles. The topological polar surface area (TPSA) is 59.1 Å². The normalized spacial score (nSPS) is 20.1. The number of sulfonamides is 1. The molecule has 0 spiro atoms. The summed E-state index contributed by atoms with van der Waals surface area (Å²) in [6.07, 6.45) is 6.30. The summed E-state index contributed by atoms with van der Waals surface area (Å²) in [4.78, 5) is 4.16. The molecule has 1 aromatic rings. The van der Waals surface area contributed by atoms with Gasteiger partial charge in [-0.15, -0.1) is 0 Å². The van der Waals surface area contributed by atoms with Gasteiger partial charge < -0.3 is 0 Å². The number of halogens is 1. The molecule has 0 aromatic carbocycles. The lowest BCUT2D eigenvalue weighted by atomic mass is 9.90. The zero-order valence-corrected chi connectivity index (χ0v) is 13.8. The molecule has 1 aliphatic rings. The van der Waals surface area contributed by atoms with Gasteiger partial charge in [-0.2, -0.15) is 0 Å². The van der Waals surface area contributed by atoms with E-state index in [1.54, 1.807) is 33.2 Å². The molecular formula is C13H19BrN2O2S. The Labute approximate surface area is 123 Å². The third-order valence-electron chi connectivity index (χ3n) is 3.44. The number of pyridine rings is 1. The van der Waals surface area contributed by atoms with Gasteiger partial charge in [-0.1, -0.05) is 0 Å². The summed E-state index contributed by atoms with van der Waals surface area (Å²) in [5.41, 5.74) is 2.16. The molecule has 1 aliphatic carbocycles. The van der Waals surface area contributed by atoms with Crippen LogP contribution in [0, 0.1) is 0 Å². The van der Waals surface area contributed by atoms with E-state index in [0.717, 1.165) is 29.3 Å². The molecule has 2 rings (SSSR count). The lowest BCUT2D eigenvalue weighted by Crippen LogP contribution is -2.42. The summed E-state index contributed by atoms with van der Waals surface area (Å²) < 4.78 is 27.5. The standard InChI is InChI=1S/C13H19BrN2O2S/c1-13(2,3)19(17,18)16-12-6-4-5-9-10(12)7-15-8-11(9)14/h7-8,12,16H,4-6H2,1-3H3/t12-/m1/s1. The van der Waals surface area contributed by atoms with Gasteiger partial charge in [0.05, 0.1) is 4.75 Å². The summed E-state index contributed by atoms with van der Waals surface area (Å²) in [6.45, 7) is 5.12. The smallest absolute Gasteiger partial charge is 0.217 e. The fourth-order valence-corrected chi connectivity index (χ4v) is 3.68. The summed E-state index contributed by atoms with van der Waals surface area (Å²) in [5, 5.41) is 0. The van der Waals surface area contributed by atoms with Crippen molar-refractivity contribution < 1.29 is 8.42 Å². The molecule has 0 saturated carbocycles. The summed E-state index contributed by atoms with van der Waals surface area (Å²) in [6, 6.07) is -0.169. The van der Waals surface area contributed by atoms with Crippen LogP contribution in [0.2, 0.25) is 0 Å². The van der Waals surface area contributed by atoms with Gasteiger partial charge in [0.25, 0.3) is 0 Å². The number of nitrogens with zero attached hydrogens (tertiary/aromatic N) is 1. The molecule has 0 fully saturated rings. The first kappa shape index (κ1) is 14.9. The average Bonchev–Trinajstić information content (AvgIpc) is 2.28. The molecule has 1 atom stereocenters. The van der Waals surface area contributed by atoms with Crippen LogP contribution in [0.1, 0.15) is 50.8 Å². The van der Waals surface area contributed by atoms with Gasteiger partial charge in [0.2, 0.25) is 10.0 Å². The van der Waals surface area contributed by atoms with Crippen molar-refractivity contribution in [3.05, 3.63) is 28.0 Å². The molecule has 0 unspecified atom stereocenters. The Balaban J connectivity index is 2.34. The highest BCUT2D eigenvalue weighted by molar-refractivity contribution is 9.10. The van der Waals surface area contributed by atoms with Crippen molar-refractivity contribution in [1.82, 2.24) is 9.71 Å². The molecule has 0 bridgehead atoms. The van der Waals surface area contributed by atoms with Gasteiger partial charge >= 0.3 is 0 Å². The van der Waals surface area contributed by atoms with Crippen LogP contribution in [0.4, 0.5) is 0 Å². The number of aromatic nitrogens is 1. The van der Waals surface area contributed by atoms with Crippen molar-refractivity contribution in [2.24, 2.45) is 0 Å². The molecule has 1 N–H and O–H groups in total. The fraction of sp³-hybridized carbons (Fsp3) is 0.615. The Morgan fingerprint density at radius 1 is 1.37 bits per heavy atom. The SMILES string of the molecule is CC(C)(C)S(=O)(=O)N[C@@H]1CCCc2c(Br)cncc21. The highest BCUT2D eigenvalue weighted by atomic mass is 79.9. The third kappa shape index (κ3) is 3.01. The highest BCUT2D eigenvalue weighted by Gasteiger charge is 2.33. The van der Waals surface area contributed by atoms with Gasteiger partial charge in [0.15, 0.2) is 0 Å². The Morgan fingerprint density at radius 3 is 2.68 bits per heavy atom. The van der Waals surface area contributed by atoms with Crippen molar-refractivity contribution in [2.45, 2.75) is 50.8 Å². The number of hydrogen-bond donors (Lipinski definition) is 1. The monoisotopic (exact) mass is 346 g/mol. The number of rotatable bonds is 2. The van der Waals surface area contributed by atoms with Crippen LogP contribution in [0.3, 0.4) is 0 Å².